The van der Waals surface area contributed by atoms with Gasteiger partial charge in [0.05, 0.1) is 18.6 Å². The van der Waals surface area contributed by atoms with Crippen LogP contribution in [0.25, 0.3) is 0 Å². The lowest BCUT2D eigenvalue weighted by molar-refractivity contribution is -0.128. The normalized spacial score (nSPS) is 29.5. The molecular weight excluding hydrogens is 483 g/mol. The van der Waals surface area contributed by atoms with Gasteiger partial charge in [0.25, 0.3) is 5.91 Å². The summed E-state index contributed by atoms with van der Waals surface area (Å²) in [5.74, 6) is -0.180. The lowest BCUT2D eigenvalue weighted by Gasteiger charge is -2.39. The van der Waals surface area contributed by atoms with E-state index < -0.39 is 5.82 Å². The van der Waals surface area contributed by atoms with Gasteiger partial charge < -0.3 is 20.1 Å². The van der Waals surface area contributed by atoms with E-state index in [1.165, 1.54) is 19.6 Å². The average Bonchev–Trinajstić information content (AvgIpc) is 3.46. The van der Waals surface area contributed by atoms with Crippen LogP contribution in [0.4, 0.5) is 4.39 Å². The summed E-state index contributed by atoms with van der Waals surface area (Å²) in [6.45, 7) is 7.56. The van der Waals surface area contributed by atoms with Crippen molar-refractivity contribution < 1.29 is 23.5 Å². The number of benzene rings is 1. The molecule has 4 atom stereocenters. The third-order valence-corrected chi connectivity index (χ3v) is 10.0. The van der Waals surface area contributed by atoms with Gasteiger partial charge in [-0.2, -0.15) is 0 Å². The molecule has 5 rings (SSSR count). The Kier molecular flexibility index (Phi) is 7.78. The van der Waals surface area contributed by atoms with Gasteiger partial charge in [0, 0.05) is 25.3 Å². The predicted octanol–water partition coefficient (Wildman–Crippen LogP) is 5.77. The summed E-state index contributed by atoms with van der Waals surface area (Å²) in [5, 5.41) is 6.42. The Morgan fingerprint density at radius 3 is 2.39 bits per heavy atom. The van der Waals surface area contributed by atoms with Gasteiger partial charge in [-0.3, -0.25) is 9.59 Å². The van der Waals surface area contributed by atoms with Gasteiger partial charge >= 0.3 is 0 Å². The smallest absolute Gasteiger partial charge is 0.252 e. The Balaban J connectivity index is 1.31. The zero-order valence-corrected chi connectivity index (χ0v) is 23.5. The standard InChI is InChI=1S/C31H45FN2O4/c1-30(2)12-8-22(9-13-30)38-25-16-23(21(17-37-4)15-24(25)32)28(35)34-27-20-7-6-19(14-20)26(27)29(36)33-18-31(3)10-5-11-31/h15-16,19-20,22,26-27H,5-14,17-18H2,1-4H3,(H,33,36)(H,34,35)/t19-,20+,26+,27-/m1/s1. The minimum atomic E-state index is -0.472. The molecule has 1 aromatic carbocycles. The molecule has 0 radical (unpaired) electrons. The Morgan fingerprint density at radius 1 is 1.03 bits per heavy atom. The van der Waals surface area contributed by atoms with Gasteiger partial charge in [0.15, 0.2) is 11.6 Å². The highest BCUT2D eigenvalue weighted by Crippen LogP contribution is 2.49. The molecule has 2 N–H and O–H groups in total. The molecule has 210 valence electrons. The fourth-order valence-electron chi connectivity index (χ4n) is 7.32. The van der Waals surface area contributed by atoms with Gasteiger partial charge in [0.1, 0.15) is 0 Å². The molecule has 0 saturated heterocycles. The monoisotopic (exact) mass is 528 g/mol. The number of methoxy groups -OCH3 is 1. The van der Waals surface area contributed by atoms with E-state index in [-0.39, 0.29) is 53.1 Å². The largest absolute Gasteiger partial charge is 0.487 e. The van der Waals surface area contributed by atoms with Crippen LogP contribution in [0.3, 0.4) is 0 Å². The van der Waals surface area contributed by atoms with Gasteiger partial charge in [-0.25, -0.2) is 4.39 Å². The highest BCUT2D eigenvalue weighted by molar-refractivity contribution is 5.97. The molecule has 0 aromatic heterocycles. The third-order valence-electron chi connectivity index (χ3n) is 10.0. The van der Waals surface area contributed by atoms with Crippen molar-refractivity contribution in [2.24, 2.45) is 28.6 Å². The summed E-state index contributed by atoms with van der Waals surface area (Å²) in [6.07, 6.45) is 10.3. The van der Waals surface area contributed by atoms with Crippen molar-refractivity contribution in [1.82, 2.24) is 10.6 Å². The maximum Gasteiger partial charge on any atom is 0.252 e. The van der Waals surface area contributed by atoms with E-state index in [4.69, 9.17) is 9.47 Å². The second kappa shape index (κ2) is 10.8. The summed E-state index contributed by atoms with van der Waals surface area (Å²) in [5.41, 5.74) is 1.34. The van der Waals surface area contributed by atoms with Crippen LogP contribution in [0.2, 0.25) is 0 Å². The van der Waals surface area contributed by atoms with Crippen LogP contribution in [0, 0.1) is 34.4 Å². The number of fused-ring (bicyclic) bond motifs is 2. The second-order valence-electron chi connectivity index (χ2n) is 13.6. The fourth-order valence-corrected chi connectivity index (χ4v) is 7.32. The number of amides is 2. The number of halogens is 1. The van der Waals surface area contributed by atoms with Crippen molar-refractivity contribution in [1.29, 1.82) is 0 Å². The van der Waals surface area contributed by atoms with Crippen LogP contribution in [0.1, 0.15) is 101 Å². The molecule has 6 nitrogen and oxygen atoms in total. The first-order chi connectivity index (χ1) is 18.1. The first-order valence-corrected chi connectivity index (χ1v) is 14.6. The summed E-state index contributed by atoms with van der Waals surface area (Å²) in [7, 11) is 1.53. The zero-order valence-electron chi connectivity index (χ0n) is 23.5. The van der Waals surface area contributed by atoms with Gasteiger partial charge in [0.2, 0.25) is 5.91 Å². The molecule has 0 unspecified atom stereocenters. The number of hydrogen-bond acceptors (Lipinski definition) is 4. The van der Waals surface area contributed by atoms with Crippen LogP contribution < -0.4 is 15.4 Å². The molecule has 7 heteroatoms. The maximum absolute atomic E-state index is 15.1. The molecule has 4 aliphatic rings. The molecule has 2 amide bonds. The predicted molar refractivity (Wildman–Crippen MR) is 144 cm³/mol. The van der Waals surface area contributed by atoms with E-state index in [2.05, 4.69) is 31.4 Å². The fraction of sp³-hybridized carbons (Fsp3) is 0.742. The molecule has 1 aromatic rings. The van der Waals surface area contributed by atoms with Crippen LogP contribution in [-0.4, -0.2) is 37.6 Å². The first kappa shape index (κ1) is 27.4. The number of rotatable bonds is 9. The quantitative estimate of drug-likeness (QED) is 0.427. The van der Waals surface area contributed by atoms with E-state index in [0.29, 0.717) is 29.5 Å². The van der Waals surface area contributed by atoms with Crippen LogP contribution in [-0.2, 0) is 16.1 Å². The second-order valence-corrected chi connectivity index (χ2v) is 13.6. The van der Waals surface area contributed by atoms with Gasteiger partial charge in [-0.15, -0.1) is 0 Å². The molecule has 2 bridgehead atoms. The zero-order chi connectivity index (χ0) is 27.1. The average molecular weight is 529 g/mol. The Labute approximate surface area is 226 Å². The molecule has 0 aliphatic heterocycles. The van der Waals surface area contributed by atoms with Crippen LogP contribution >= 0.6 is 0 Å². The SMILES string of the molecule is COCc1cc(F)c(OC2CCC(C)(C)CC2)cc1C(=O)N[C@@H]1[C@H]2CC[C@H](C2)[C@@H]1C(=O)NCC1(C)CCC1. The Morgan fingerprint density at radius 2 is 1.74 bits per heavy atom. The molecular formula is C31H45FN2O4. The van der Waals surface area contributed by atoms with Crippen molar-refractivity contribution in [2.75, 3.05) is 13.7 Å². The van der Waals surface area contributed by atoms with Crippen molar-refractivity contribution in [3.05, 3.63) is 29.1 Å². The summed E-state index contributed by atoms with van der Waals surface area (Å²) < 4.78 is 26.5. The van der Waals surface area contributed by atoms with E-state index in [9.17, 15) is 9.59 Å². The van der Waals surface area contributed by atoms with Gasteiger partial charge in [-0.05, 0) is 98.1 Å². The van der Waals surface area contributed by atoms with Crippen LogP contribution in [0.5, 0.6) is 5.75 Å². The van der Waals surface area contributed by atoms with E-state index in [0.717, 1.165) is 57.8 Å². The highest BCUT2D eigenvalue weighted by atomic mass is 19.1. The first-order valence-electron chi connectivity index (χ1n) is 14.6. The lowest BCUT2D eigenvalue weighted by atomic mass is 9.70. The van der Waals surface area contributed by atoms with E-state index in [1.807, 2.05) is 0 Å². The van der Waals surface area contributed by atoms with Crippen LogP contribution in [0.15, 0.2) is 12.1 Å². The Bertz CT molecular complexity index is 1040. The molecule has 38 heavy (non-hydrogen) atoms. The number of ether oxygens (including phenoxy) is 2. The van der Waals surface area contributed by atoms with E-state index in [1.54, 1.807) is 6.07 Å². The molecule has 0 heterocycles. The number of hydrogen-bond donors (Lipinski definition) is 2. The van der Waals surface area contributed by atoms with Crippen molar-refractivity contribution in [2.45, 2.75) is 104 Å². The minimum absolute atomic E-state index is 0.0575. The summed E-state index contributed by atoms with van der Waals surface area (Å²) in [4.78, 5) is 27.0. The van der Waals surface area contributed by atoms with Crippen molar-refractivity contribution >= 4 is 11.8 Å². The third kappa shape index (κ3) is 5.73. The van der Waals surface area contributed by atoms with Gasteiger partial charge in [-0.1, -0.05) is 27.2 Å². The van der Waals surface area contributed by atoms with Crippen molar-refractivity contribution in [3.63, 3.8) is 0 Å². The van der Waals surface area contributed by atoms with Crippen molar-refractivity contribution in [3.8, 4) is 5.75 Å². The molecule has 4 aliphatic carbocycles. The number of nitrogens with one attached hydrogen (secondary N) is 2. The van der Waals surface area contributed by atoms with E-state index >= 15 is 4.39 Å². The minimum Gasteiger partial charge on any atom is -0.487 e. The molecule has 0 spiro atoms. The molecule has 4 saturated carbocycles. The number of carbonyl (C=O) groups excluding carboxylic acids is 2. The number of carbonyl (C=O) groups is 2. The highest BCUT2D eigenvalue weighted by Gasteiger charge is 2.51. The summed E-state index contributed by atoms with van der Waals surface area (Å²) in [6, 6.07) is 2.70. The lowest BCUT2D eigenvalue weighted by Crippen LogP contribution is -2.51. The summed E-state index contributed by atoms with van der Waals surface area (Å²) >= 11 is 0. The Hall–Kier alpha value is -2.15. The molecule has 4 fully saturated rings. The topological polar surface area (TPSA) is 76.7 Å². The maximum atomic E-state index is 15.1.